The van der Waals surface area contributed by atoms with Gasteiger partial charge in [0.05, 0.1) is 0 Å². The minimum Gasteiger partial charge on any atom is -0.154 e. The van der Waals surface area contributed by atoms with E-state index in [1.165, 1.54) is 57.8 Å². The zero-order chi connectivity index (χ0) is 17.5. The molecule has 0 aromatic carbocycles. The molecular formula is C21H36S3. The molecule has 0 amide bonds. The first kappa shape index (κ1) is 22.3. The van der Waals surface area contributed by atoms with E-state index in [0.29, 0.717) is 0 Å². The van der Waals surface area contributed by atoms with Gasteiger partial charge in [-0.3, -0.25) is 0 Å². The summed E-state index contributed by atoms with van der Waals surface area (Å²) >= 11 is 6.37. The Kier molecular flexibility index (Phi) is 14.4. The Morgan fingerprint density at radius 3 is 1.25 bits per heavy atom. The van der Waals surface area contributed by atoms with Crippen molar-refractivity contribution >= 4 is 35.3 Å². The molecule has 1 aliphatic rings. The molecule has 3 atom stereocenters. The van der Waals surface area contributed by atoms with E-state index in [1.807, 2.05) is 0 Å². The first-order chi connectivity index (χ1) is 11.8. The highest BCUT2D eigenvalue weighted by molar-refractivity contribution is 8.00. The lowest BCUT2D eigenvalue weighted by molar-refractivity contribution is 0.522. The number of hydrogen-bond donors (Lipinski definition) is 0. The number of rotatable bonds is 9. The molecule has 0 nitrogen and oxygen atoms in total. The van der Waals surface area contributed by atoms with Gasteiger partial charge in [0.1, 0.15) is 0 Å². The fourth-order valence-electron chi connectivity index (χ4n) is 3.23. The van der Waals surface area contributed by atoms with Gasteiger partial charge < -0.3 is 0 Å². The quantitative estimate of drug-likeness (QED) is 0.381. The summed E-state index contributed by atoms with van der Waals surface area (Å²) in [6, 6.07) is 0. The van der Waals surface area contributed by atoms with Crippen molar-refractivity contribution in [1.29, 1.82) is 0 Å². The second-order valence-electron chi connectivity index (χ2n) is 6.52. The molecule has 0 aromatic rings. The average Bonchev–Trinajstić information content (AvgIpc) is 2.59. The Bertz CT molecular complexity index is 340. The molecule has 0 heterocycles. The van der Waals surface area contributed by atoms with Crippen LogP contribution < -0.4 is 0 Å². The van der Waals surface area contributed by atoms with Crippen LogP contribution in [0.5, 0.6) is 0 Å². The average molecular weight is 385 g/mol. The van der Waals surface area contributed by atoms with Crippen molar-refractivity contribution in [2.75, 3.05) is 17.3 Å². The Morgan fingerprint density at radius 2 is 0.875 bits per heavy atom. The maximum Gasteiger partial charge on any atom is 0.0113 e. The molecule has 138 valence electrons. The second kappa shape index (κ2) is 15.5. The maximum absolute atomic E-state index is 3.90. The van der Waals surface area contributed by atoms with E-state index in [0.717, 1.165) is 33.0 Å². The van der Waals surface area contributed by atoms with Crippen LogP contribution in [0, 0.1) is 0 Å². The van der Waals surface area contributed by atoms with E-state index in [-0.39, 0.29) is 0 Å². The molecule has 1 rings (SSSR count). The SMILES string of the molecule is C=CCSC1CCCCC(SCC=C)CCC(SCC=C)CCC1. The lowest BCUT2D eigenvalue weighted by atomic mass is 10.0. The Labute approximate surface area is 163 Å². The molecule has 3 heteroatoms. The highest BCUT2D eigenvalue weighted by Gasteiger charge is 2.17. The van der Waals surface area contributed by atoms with Gasteiger partial charge in [-0.05, 0) is 38.5 Å². The molecule has 3 unspecified atom stereocenters. The largest absolute Gasteiger partial charge is 0.154 e. The van der Waals surface area contributed by atoms with Gasteiger partial charge >= 0.3 is 0 Å². The third-order valence-corrected chi connectivity index (χ3v) is 8.63. The summed E-state index contributed by atoms with van der Waals surface area (Å²) in [7, 11) is 0. The predicted molar refractivity (Wildman–Crippen MR) is 121 cm³/mol. The van der Waals surface area contributed by atoms with Crippen LogP contribution in [0.1, 0.15) is 57.8 Å². The Hall–Kier alpha value is 0.270. The lowest BCUT2D eigenvalue weighted by Gasteiger charge is -2.23. The summed E-state index contributed by atoms with van der Waals surface area (Å²) in [6.45, 7) is 11.7. The molecule has 0 spiro atoms. The minimum atomic E-state index is 0.819. The van der Waals surface area contributed by atoms with Gasteiger partial charge in [-0.2, -0.15) is 35.3 Å². The fraction of sp³-hybridized carbons (Fsp3) is 0.714. The van der Waals surface area contributed by atoms with Crippen LogP contribution in [-0.2, 0) is 0 Å². The van der Waals surface area contributed by atoms with E-state index < -0.39 is 0 Å². The van der Waals surface area contributed by atoms with Crippen molar-refractivity contribution in [3.8, 4) is 0 Å². The second-order valence-corrected chi connectivity index (χ2v) is 10.5. The van der Waals surface area contributed by atoms with Gasteiger partial charge in [0.2, 0.25) is 0 Å². The maximum atomic E-state index is 3.90. The molecule has 1 aliphatic carbocycles. The topological polar surface area (TPSA) is 0 Å². The van der Waals surface area contributed by atoms with Crippen LogP contribution in [0.15, 0.2) is 38.0 Å². The molecule has 0 aliphatic heterocycles. The summed E-state index contributed by atoms with van der Waals surface area (Å²) in [6.07, 6.45) is 18.7. The summed E-state index contributed by atoms with van der Waals surface area (Å²) < 4.78 is 0. The van der Waals surface area contributed by atoms with Gasteiger partial charge in [0.15, 0.2) is 0 Å². The molecule has 0 radical (unpaired) electrons. The fourth-order valence-corrected chi connectivity index (χ4v) is 6.40. The summed E-state index contributed by atoms with van der Waals surface area (Å²) in [5.41, 5.74) is 0. The van der Waals surface area contributed by atoms with Crippen LogP contribution in [0.25, 0.3) is 0 Å². The Balaban J connectivity index is 2.57. The van der Waals surface area contributed by atoms with Crippen LogP contribution in [0.4, 0.5) is 0 Å². The van der Waals surface area contributed by atoms with Gasteiger partial charge in [0.25, 0.3) is 0 Å². The van der Waals surface area contributed by atoms with Gasteiger partial charge in [-0.25, -0.2) is 0 Å². The standard InChI is InChI=1S/C21H36S3/c1-4-16-22-19-10-7-8-11-20(23-17-5-2)14-15-21(13-9-12-19)24-18-6-3/h4-6,19-21H,1-3,7-18H2. The molecule has 24 heavy (non-hydrogen) atoms. The molecule has 0 saturated heterocycles. The molecule has 0 aromatic heterocycles. The highest BCUT2D eigenvalue weighted by atomic mass is 32.2. The monoisotopic (exact) mass is 384 g/mol. The summed E-state index contributed by atoms with van der Waals surface area (Å²) in [5.74, 6) is 3.31. The van der Waals surface area contributed by atoms with Gasteiger partial charge in [0, 0.05) is 33.0 Å². The van der Waals surface area contributed by atoms with Gasteiger partial charge in [-0.15, -0.1) is 19.7 Å². The van der Waals surface area contributed by atoms with Gasteiger partial charge in [-0.1, -0.05) is 37.5 Å². The zero-order valence-corrected chi connectivity index (χ0v) is 17.7. The molecule has 1 fully saturated rings. The number of thioether (sulfide) groups is 3. The van der Waals surface area contributed by atoms with Crippen LogP contribution in [0.2, 0.25) is 0 Å². The normalized spacial score (nSPS) is 26.8. The van der Waals surface area contributed by atoms with Crippen molar-refractivity contribution in [1.82, 2.24) is 0 Å². The van der Waals surface area contributed by atoms with Crippen molar-refractivity contribution < 1.29 is 0 Å². The molecule has 0 bridgehead atoms. The summed E-state index contributed by atoms with van der Waals surface area (Å²) in [4.78, 5) is 0. The van der Waals surface area contributed by atoms with Crippen molar-refractivity contribution in [3.05, 3.63) is 38.0 Å². The van der Waals surface area contributed by atoms with E-state index in [1.54, 1.807) is 0 Å². The molecular weight excluding hydrogens is 348 g/mol. The first-order valence-electron chi connectivity index (χ1n) is 9.47. The van der Waals surface area contributed by atoms with Crippen molar-refractivity contribution in [3.63, 3.8) is 0 Å². The predicted octanol–water partition coefficient (Wildman–Crippen LogP) is 7.37. The minimum absolute atomic E-state index is 0.819. The smallest absolute Gasteiger partial charge is 0.0113 e. The molecule has 0 N–H and O–H groups in total. The van der Waals surface area contributed by atoms with E-state index >= 15 is 0 Å². The van der Waals surface area contributed by atoms with Crippen LogP contribution in [-0.4, -0.2) is 33.0 Å². The van der Waals surface area contributed by atoms with Crippen LogP contribution >= 0.6 is 35.3 Å². The lowest BCUT2D eigenvalue weighted by Crippen LogP contribution is -2.13. The zero-order valence-electron chi connectivity index (χ0n) is 15.3. The van der Waals surface area contributed by atoms with Crippen molar-refractivity contribution in [2.45, 2.75) is 73.5 Å². The first-order valence-corrected chi connectivity index (χ1v) is 12.6. The van der Waals surface area contributed by atoms with Crippen LogP contribution in [0.3, 0.4) is 0 Å². The van der Waals surface area contributed by atoms with E-state index in [9.17, 15) is 0 Å². The third-order valence-electron chi connectivity index (χ3n) is 4.51. The third kappa shape index (κ3) is 11.0. The number of hydrogen-bond acceptors (Lipinski definition) is 3. The van der Waals surface area contributed by atoms with Crippen molar-refractivity contribution in [2.24, 2.45) is 0 Å². The van der Waals surface area contributed by atoms with E-state index in [2.05, 4.69) is 73.3 Å². The Morgan fingerprint density at radius 1 is 0.542 bits per heavy atom. The summed E-state index contributed by atoms with van der Waals surface area (Å²) in [5, 5.41) is 2.49. The molecule has 1 saturated carbocycles. The highest BCUT2D eigenvalue weighted by Crippen LogP contribution is 2.32. The van der Waals surface area contributed by atoms with E-state index in [4.69, 9.17) is 0 Å².